The smallest absolute Gasteiger partial charge is 0.262 e. The number of nitrogens with zero attached hydrogens (tertiary/aromatic N) is 2. The summed E-state index contributed by atoms with van der Waals surface area (Å²) in [6.07, 6.45) is 8.98. The van der Waals surface area contributed by atoms with Crippen molar-refractivity contribution >= 4 is 46.6 Å². The van der Waals surface area contributed by atoms with E-state index in [9.17, 15) is 0 Å². The second-order valence-corrected chi connectivity index (χ2v) is 13.3. The monoisotopic (exact) mass is 529 g/mol. The molecule has 3 nitrogen and oxygen atoms in total. The predicted octanol–water partition coefficient (Wildman–Crippen LogP) is 6.84. The Hall–Kier alpha value is -3.94. The van der Waals surface area contributed by atoms with E-state index in [-0.39, 0.29) is 0 Å². The van der Waals surface area contributed by atoms with Crippen molar-refractivity contribution in [3.63, 3.8) is 0 Å². The van der Waals surface area contributed by atoms with E-state index in [0.29, 0.717) is 5.89 Å². The molecule has 194 valence electrons. The largest absolute Gasteiger partial charge is 0.417 e. The second-order valence-electron chi connectivity index (χ2n) is 10.0. The molecule has 0 radical (unpaired) electrons. The lowest BCUT2D eigenvalue weighted by Gasteiger charge is -2.28. The first-order chi connectivity index (χ1) is 19.4. The van der Waals surface area contributed by atoms with E-state index in [0.717, 1.165) is 30.0 Å². The van der Waals surface area contributed by atoms with Crippen molar-refractivity contribution in [3.8, 4) is 0 Å². The Bertz CT molecular complexity index is 1390. The van der Waals surface area contributed by atoms with Crippen molar-refractivity contribution in [1.82, 2.24) is 4.98 Å². The average molecular weight is 530 g/mol. The first-order valence-corrected chi connectivity index (χ1v) is 15.7. The summed E-state index contributed by atoms with van der Waals surface area (Å²) in [7, 11) is -2.38. The maximum Gasteiger partial charge on any atom is 0.262 e. The molecule has 1 fully saturated rings. The summed E-state index contributed by atoms with van der Waals surface area (Å²) >= 11 is 0. The Morgan fingerprint density at radius 2 is 1.03 bits per heavy atom. The van der Waals surface area contributed by atoms with Crippen LogP contribution in [-0.4, -0.2) is 18.1 Å². The number of aromatic nitrogens is 1. The number of anilines is 1. The minimum Gasteiger partial charge on any atom is -0.417 e. The molecule has 6 rings (SSSR count). The predicted molar refractivity (Wildman–Crippen MR) is 167 cm³/mol. The van der Waals surface area contributed by atoms with Crippen LogP contribution in [0.5, 0.6) is 0 Å². The van der Waals surface area contributed by atoms with Crippen LogP contribution in [0.4, 0.5) is 5.88 Å². The molecule has 1 saturated heterocycles. The minimum atomic E-state index is -2.38. The van der Waals surface area contributed by atoms with Gasteiger partial charge in [-0.25, -0.2) is 0 Å². The van der Waals surface area contributed by atoms with Crippen molar-refractivity contribution in [2.45, 2.75) is 25.7 Å². The van der Waals surface area contributed by atoms with E-state index in [4.69, 9.17) is 9.40 Å². The molecule has 1 aliphatic rings. The maximum atomic E-state index is 6.76. The molecule has 39 heavy (non-hydrogen) atoms. The highest BCUT2D eigenvalue weighted by Gasteiger charge is 2.53. The highest BCUT2D eigenvalue weighted by atomic mass is 31.2. The third kappa shape index (κ3) is 5.20. The van der Waals surface area contributed by atoms with Gasteiger partial charge in [-0.2, -0.15) is 4.98 Å². The molecule has 0 unspecified atom stereocenters. The normalized spacial score (nSPS) is 14.4. The molecule has 0 bridgehead atoms. The van der Waals surface area contributed by atoms with Gasteiger partial charge >= 0.3 is 0 Å². The van der Waals surface area contributed by atoms with Crippen LogP contribution in [-0.2, 0) is 0 Å². The molecular formula is C35H34N2OP+. The zero-order valence-electron chi connectivity index (χ0n) is 22.2. The molecule has 0 aliphatic carbocycles. The summed E-state index contributed by atoms with van der Waals surface area (Å²) in [6, 6.07) is 43.2. The quantitative estimate of drug-likeness (QED) is 0.216. The van der Waals surface area contributed by atoms with Crippen LogP contribution in [0.15, 0.2) is 126 Å². The summed E-state index contributed by atoms with van der Waals surface area (Å²) in [5.74, 6) is 1.58. The van der Waals surface area contributed by atoms with Crippen molar-refractivity contribution < 1.29 is 4.42 Å². The fraction of sp³-hybridized carbons (Fsp3) is 0.171. The van der Waals surface area contributed by atoms with Crippen molar-refractivity contribution in [2.24, 2.45) is 0 Å². The van der Waals surface area contributed by atoms with Crippen LogP contribution < -0.4 is 26.2 Å². The van der Waals surface area contributed by atoms with Gasteiger partial charge < -0.3 is 9.32 Å². The van der Waals surface area contributed by atoms with Crippen molar-refractivity contribution in [3.05, 3.63) is 133 Å². The van der Waals surface area contributed by atoms with Gasteiger partial charge in [0.1, 0.15) is 15.9 Å². The van der Waals surface area contributed by atoms with E-state index >= 15 is 0 Å². The first kappa shape index (κ1) is 25.3. The van der Waals surface area contributed by atoms with E-state index < -0.39 is 7.26 Å². The highest BCUT2D eigenvalue weighted by molar-refractivity contribution is 8.01. The van der Waals surface area contributed by atoms with Crippen LogP contribution in [0.3, 0.4) is 0 Å². The summed E-state index contributed by atoms with van der Waals surface area (Å²) < 4.78 is 6.76. The van der Waals surface area contributed by atoms with Gasteiger partial charge in [0.15, 0.2) is 7.26 Å². The first-order valence-electron chi connectivity index (χ1n) is 13.9. The van der Waals surface area contributed by atoms with Crippen LogP contribution >= 0.6 is 7.26 Å². The molecule has 0 saturated carbocycles. The lowest BCUT2D eigenvalue weighted by molar-refractivity contribution is 0.529. The van der Waals surface area contributed by atoms with Gasteiger partial charge in [0, 0.05) is 19.2 Å². The lowest BCUT2D eigenvalue weighted by atomic mass is 10.2. The maximum absolute atomic E-state index is 6.76. The molecule has 4 aromatic carbocycles. The van der Waals surface area contributed by atoms with Gasteiger partial charge in [0.25, 0.3) is 11.3 Å². The van der Waals surface area contributed by atoms with Crippen LogP contribution in [0.2, 0.25) is 0 Å². The molecule has 1 aliphatic heterocycles. The van der Waals surface area contributed by atoms with Gasteiger partial charge in [-0.3, -0.25) is 0 Å². The van der Waals surface area contributed by atoms with Gasteiger partial charge in [-0.1, -0.05) is 97.8 Å². The number of hydrogen-bond donors (Lipinski definition) is 0. The third-order valence-electron chi connectivity index (χ3n) is 7.47. The van der Waals surface area contributed by atoms with E-state index in [1.54, 1.807) is 0 Å². The Morgan fingerprint density at radius 1 is 0.564 bits per heavy atom. The van der Waals surface area contributed by atoms with Crippen LogP contribution in [0.25, 0.3) is 12.2 Å². The van der Waals surface area contributed by atoms with Crippen molar-refractivity contribution in [1.29, 1.82) is 0 Å². The fourth-order valence-electron chi connectivity index (χ4n) is 5.59. The number of rotatable bonds is 7. The topological polar surface area (TPSA) is 29.3 Å². The van der Waals surface area contributed by atoms with Crippen LogP contribution in [0, 0.1) is 0 Å². The van der Waals surface area contributed by atoms with E-state index in [1.165, 1.54) is 41.6 Å². The van der Waals surface area contributed by atoms with Crippen molar-refractivity contribution in [2.75, 3.05) is 18.0 Å². The molecule has 2 heterocycles. The highest BCUT2D eigenvalue weighted by Crippen LogP contribution is 2.56. The number of oxazole rings is 1. The Kier molecular flexibility index (Phi) is 7.70. The summed E-state index contributed by atoms with van der Waals surface area (Å²) in [4.78, 5) is 7.84. The Morgan fingerprint density at radius 3 is 1.51 bits per heavy atom. The van der Waals surface area contributed by atoms with Gasteiger partial charge in [-0.05, 0) is 60.9 Å². The molecule has 4 heteroatoms. The fourth-order valence-corrected chi connectivity index (χ4v) is 9.80. The van der Waals surface area contributed by atoms with Gasteiger partial charge in [0.2, 0.25) is 5.89 Å². The standard InChI is InChI=1S/C35H34N2OP/c1-2-16-28-37(27-15-1)35-34(36-33(38-35)26-25-29-17-7-3-8-18-29)39(30-19-9-4-10-20-30,31-21-11-5-12-22-31)32-23-13-6-14-24-32/h3-14,17-26H,1-2,15-16,27-28H2/q+1/b26-25+. The average Bonchev–Trinajstić information content (AvgIpc) is 3.24. The zero-order valence-corrected chi connectivity index (χ0v) is 23.1. The zero-order chi connectivity index (χ0) is 26.3. The lowest BCUT2D eigenvalue weighted by Crippen LogP contribution is -2.42. The Balaban J connectivity index is 1.63. The SMILES string of the molecule is C(=C\c1nc([P+](c2ccccc2)(c2ccccc2)c2ccccc2)c(N2CCCCCC2)o1)/c1ccccc1. The molecular weight excluding hydrogens is 495 g/mol. The number of benzene rings is 4. The van der Waals surface area contributed by atoms with Gasteiger partial charge in [0.05, 0.1) is 0 Å². The minimum absolute atomic E-state index is 0.653. The third-order valence-corrected chi connectivity index (χ3v) is 11.6. The number of hydrogen-bond acceptors (Lipinski definition) is 3. The molecule has 5 aromatic rings. The van der Waals surface area contributed by atoms with Gasteiger partial charge in [-0.15, -0.1) is 0 Å². The second kappa shape index (κ2) is 11.8. The Labute approximate surface area is 232 Å². The molecule has 0 spiro atoms. The summed E-state index contributed by atoms with van der Waals surface area (Å²) in [5.41, 5.74) is 2.18. The molecule has 0 atom stereocenters. The van der Waals surface area contributed by atoms with E-state index in [2.05, 4.69) is 126 Å². The van der Waals surface area contributed by atoms with Crippen LogP contribution in [0.1, 0.15) is 37.1 Å². The van der Waals surface area contributed by atoms with E-state index in [1.807, 2.05) is 12.1 Å². The molecule has 0 amide bonds. The summed E-state index contributed by atoms with van der Waals surface area (Å²) in [5, 5.41) is 3.85. The molecule has 0 N–H and O–H groups in total. The molecule has 1 aromatic heterocycles. The summed E-state index contributed by atoms with van der Waals surface area (Å²) in [6.45, 7) is 1.98.